The molecule has 7 nitrogen and oxygen atoms in total. The van der Waals surface area contributed by atoms with Gasteiger partial charge in [-0.1, -0.05) is 29.3 Å². The lowest BCUT2D eigenvalue weighted by Crippen LogP contribution is -2.28. The van der Waals surface area contributed by atoms with Crippen LogP contribution in [0.2, 0.25) is 10.0 Å². The minimum absolute atomic E-state index is 0.0320. The van der Waals surface area contributed by atoms with E-state index >= 15 is 0 Å². The first kappa shape index (κ1) is 22.7. The van der Waals surface area contributed by atoms with Crippen molar-refractivity contribution < 1.29 is 27.4 Å². The van der Waals surface area contributed by atoms with E-state index in [9.17, 15) is 13.2 Å². The highest BCUT2D eigenvalue weighted by Crippen LogP contribution is 2.32. The van der Waals surface area contributed by atoms with E-state index in [1.54, 1.807) is 18.2 Å². The maximum absolute atomic E-state index is 12.9. The maximum Gasteiger partial charge on any atom is 0.338 e. The Hall–Kier alpha value is -2.00. The second kappa shape index (κ2) is 9.87. The molecule has 2 aromatic carbocycles. The van der Waals surface area contributed by atoms with Gasteiger partial charge in [0, 0.05) is 13.1 Å². The van der Waals surface area contributed by atoms with Gasteiger partial charge in [0.2, 0.25) is 10.0 Å². The Kier molecular flexibility index (Phi) is 7.46. The van der Waals surface area contributed by atoms with E-state index < -0.39 is 16.0 Å². The summed E-state index contributed by atoms with van der Waals surface area (Å²) in [4.78, 5) is 12.4. The number of sulfonamides is 1. The summed E-state index contributed by atoms with van der Waals surface area (Å²) in [5, 5.41) is 0.696. The lowest BCUT2D eigenvalue weighted by Gasteiger charge is -2.18. The fourth-order valence-corrected chi connectivity index (χ4v) is 5.26. The Morgan fingerprint density at radius 3 is 2.37 bits per heavy atom. The number of para-hydroxylation sites is 1. The van der Waals surface area contributed by atoms with Crippen LogP contribution >= 0.6 is 23.2 Å². The van der Waals surface area contributed by atoms with Gasteiger partial charge in [-0.3, -0.25) is 0 Å². The average molecular weight is 474 g/mol. The molecule has 0 atom stereocenters. The molecule has 1 heterocycles. The molecule has 0 spiro atoms. The molecule has 0 amide bonds. The third-order valence-electron chi connectivity index (χ3n) is 4.56. The molecule has 1 aliphatic rings. The van der Waals surface area contributed by atoms with Crippen molar-refractivity contribution in [2.75, 3.05) is 33.4 Å². The zero-order valence-corrected chi connectivity index (χ0v) is 18.6. The van der Waals surface area contributed by atoms with Crippen LogP contribution in [0, 0.1) is 0 Å². The average Bonchev–Trinajstić information content (AvgIpc) is 3.28. The molecule has 10 heteroatoms. The van der Waals surface area contributed by atoms with E-state index in [1.165, 1.54) is 29.6 Å². The Morgan fingerprint density at radius 1 is 1.07 bits per heavy atom. The molecule has 30 heavy (non-hydrogen) atoms. The van der Waals surface area contributed by atoms with Crippen LogP contribution in [0.25, 0.3) is 0 Å². The van der Waals surface area contributed by atoms with Gasteiger partial charge >= 0.3 is 5.97 Å². The fourth-order valence-electron chi connectivity index (χ4n) is 3.05. The number of hydrogen-bond acceptors (Lipinski definition) is 6. The lowest BCUT2D eigenvalue weighted by atomic mass is 10.2. The highest BCUT2D eigenvalue weighted by atomic mass is 35.5. The largest absolute Gasteiger partial charge is 0.495 e. The minimum atomic E-state index is -3.76. The van der Waals surface area contributed by atoms with Gasteiger partial charge in [0.15, 0.2) is 5.75 Å². The molecule has 0 N–H and O–H groups in total. The Bertz CT molecular complexity index is 1000. The highest BCUT2D eigenvalue weighted by Gasteiger charge is 2.30. The first-order valence-electron chi connectivity index (χ1n) is 9.26. The molecule has 3 rings (SSSR count). The summed E-state index contributed by atoms with van der Waals surface area (Å²) < 4.78 is 43.1. The molecule has 0 aromatic heterocycles. The number of ether oxygens (including phenoxy) is 3. The highest BCUT2D eigenvalue weighted by molar-refractivity contribution is 7.89. The third kappa shape index (κ3) is 5.00. The van der Waals surface area contributed by atoms with E-state index in [0.717, 1.165) is 12.8 Å². The fraction of sp³-hybridized carbons (Fsp3) is 0.350. The summed E-state index contributed by atoms with van der Waals surface area (Å²) >= 11 is 12.0. The summed E-state index contributed by atoms with van der Waals surface area (Å²) in [6.45, 7) is 0.856. The van der Waals surface area contributed by atoms with Gasteiger partial charge in [0.25, 0.3) is 0 Å². The van der Waals surface area contributed by atoms with Crippen LogP contribution in [0.3, 0.4) is 0 Å². The molecule has 1 aliphatic heterocycles. The predicted octanol–water partition coefficient (Wildman–Crippen LogP) is 4.02. The van der Waals surface area contributed by atoms with Crippen molar-refractivity contribution in [1.29, 1.82) is 0 Å². The predicted molar refractivity (Wildman–Crippen MR) is 113 cm³/mol. The van der Waals surface area contributed by atoms with Gasteiger partial charge in [-0.25, -0.2) is 13.2 Å². The van der Waals surface area contributed by atoms with E-state index in [0.29, 0.717) is 28.9 Å². The first-order chi connectivity index (χ1) is 14.3. The van der Waals surface area contributed by atoms with Crippen LogP contribution < -0.4 is 9.47 Å². The zero-order valence-electron chi connectivity index (χ0n) is 16.3. The summed E-state index contributed by atoms with van der Waals surface area (Å²) in [7, 11) is -2.38. The number of nitrogens with zero attached hydrogens (tertiary/aromatic N) is 1. The topological polar surface area (TPSA) is 82.1 Å². The standard InChI is InChI=1S/C20H21Cl2NO6S/c1-27-17-8-7-14(13-18(17)30(25,26)23-9-2-3-10-23)20(24)29-12-11-28-19-15(21)5-4-6-16(19)22/h4-8,13H,2-3,9-12H2,1H3. The van der Waals surface area contributed by atoms with E-state index in [4.69, 9.17) is 37.4 Å². The molecule has 0 radical (unpaired) electrons. The van der Waals surface area contributed by atoms with Gasteiger partial charge in [0.1, 0.15) is 23.9 Å². The van der Waals surface area contributed by atoms with Crippen LogP contribution in [0.4, 0.5) is 0 Å². The molecule has 1 fully saturated rings. The maximum atomic E-state index is 12.9. The van der Waals surface area contributed by atoms with E-state index in [-0.39, 0.29) is 29.4 Å². The van der Waals surface area contributed by atoms with Gasteiger partial charge < -0.3 is 14.2 Å². The van der Waals surface area contributed by atoms with Crippen LogP contribution in [0.15, 0.2) is 41.3 Å². The second-order valence-corrected chi connectivity index (χ2v) is 9.23. The number of halogens is 2. The molecule has 2 aromatic rings. The van der Waals surface area contributed by atoms with Crippen LogP contribution in [-0.4, -0.2) is 52.1 Å². The quantitative estimate of drug-likeness (QED) is 0.425. The number of carbonyl (C=O) groups is 1. The molecule has 0 bridgehead atoms. The van der Waals surface area contributed by atoms with E-state index in [1.807, 2.05) is 0 Å². The number of benzene rings is 2. The molecule has 0 saturated carbocycles. The van der Waals surface area contributed by atoms with Crippen molar-refractivity contribution in [3.63, 3.8) is 0 Å². The molecule has 0 unspecified atom stereocenters. The number of methoxy groups -OCH3 is 1. The number of hydrogen-bond donors (Lipinski definition) is 0. The van der Waals surface area contributed by atoms with Crippen molar-refractivity contribution in [2.45, 2.75) is 17.7 Å². The van der Waals surface area contributed by atoms with Crippen molar-refractivity contribution >= 4 is 39.2 Å². The Labute approximate surface area is 185 Å². The number of carbonyl (C=O) groups excluding carboxylic acids is 1. The molecular weight excluding hydrogens is 453 g/mol. The van der Waals surface area contributed by atoms with Crippen LogP contribution in [0.5, 0.6) is 11.5 Å². The van der Waals surface area contributed by atoms with Crippen molar-refractivity contribution in [2.24, 2.45) is 0 Å². The second-order valence-electron chi connectivity index (χ2n) is 6.51. The molecule has 0 aliphatic carbocycles. The number of esters is 1. The summed E-state index contributed by atoms with van der Waals surface area (Å²) in [5.41, 5.74) is 0.101. The smallest absolute Gasteiger partial charge is 0.338 e. The monoisotopic (exact) mass is 473 g/mol. The van der Waals surface area contributed by atoms with E-state index in [2.05, 4.69) is 0 Å². The van der Waals surface area contributed by atoms with Gasteiger partial charge in [-0.2, -0.15) is 4.31 Å². The van der Waals surface area contributed by atoms with Gasteiger partial charge in [0.05, 0.1) is 22.7 Å². The van der Waals surface area contributed by atoms with Crippen molar-refractivity contribution in [1.82, 2.24) is 4.31 Å². The Morgan fingerprint density at radius 2 is 1.73 bits per heavy atom. The number of rotatable bonds is 8. The molecular formula is C20H21Cl2NO6S. The molecule has 162 valence electrons. The van der Waals surface area contributed by atoms with Crippen LogP contribution in [-0.2, 0) is 14.8 Å². The third-order valence-corrected chi connectivity index (χ3v) is 7.08. The van der Waals surface area contributed by atoms with Crippen molar-refractivity contribution in [3.05, 3.63) is 52.0 Å². The SMILES string of the molecule is COc1ccc(C(=O)OCCOc2c(Cl)cccc2Cl)cc1S(=O)(=O)N1CCCC1. The van der Waals surface area contributed by atoms with Gasteiger partial charge in [-0.15, -0.1) is 0 Å². The summed E-state index contributed by atoms with van der Waals surface area (Å²) in [6.07, 6.45) is 1.61. The van der Waals surface area contributed by atoms with Gasteiger partial charge in [-0.05, 0) is 43.2 Å². The summed E-state index contributed by atoms with van der Waals surface area (Å²) in [5.74, 6) is -0.195. The Balaban J connectivity index is 1.67. The normalized spacial score (nSPS) is 14.5. The summed E-state index contributed by atoms with van der Waals surface area (Å²) in [6, 6.07) is 9.13. The lowest BCUT2D eigenvalue weighted by molar-refractivity contribution is 0.0450. The first-order valence-corrected chi connectivity index (χ1v) is 11.5. The molecule has 1 saturated heterocycles. The zero-order chi connectivity index (χ0) is 21.7. The van der Waals surface area contributed by atoms with Crippen molar-refractivity contribution in [3.8, 4) is 11.5 Å². The minimum Gasteiger partial charge on any atom is -0.495 e. The van der Waals surface area contributed by atoms with Crippen LogP contribution in [0.1, 0.15) is 23.2 Å².